The molecule has 1 aromatic rings. The van der Waals surface area contributed by atoms with Crippen molar-refractivity contribution in [3.8, 4) is 0 Å². The summed E-state index contributed by atoms with van der Waals surface area (Å²) in [7, 11) is 2.02. The molecule has 1 aliphatic rings. The molecule has 0 spiro atoms. The first-order valence-electron chi connectivity index (χ1n) is 4.97. The minimum Gasteiger partial charge on any atom is -0.316 e. The van der Waals surface area contributed by atoms with Crippen LogP contribution in [0.15, 0.2) is 12.3 Å². The molecule has 2 unspecified atom stereocenters. The van der Waals surface area contributed by atoms with Crippen LogP contribution in [0.25, 0.3) is 0 Å². The number of rotatable bonds is 1. The van der Waals surface area contributed by atoms with Crippen molar-refractivity contribution in [2.75, 3.05) is 13.1 Å². The maximum absolute atomic E-state index is 4.22. The lowest BCUT2D eigenvalue weighted by Gasteiger charge is -2.29. The molecule has 0 radical (unpaired) electrons. The first kappa shape index (κ1) is 8.75. The number of hydrogen-bond acceptors (Lipinski definition) is 2. The van der Waals surface area contributed by atoms with Crippen molar-refractivity contribution in [2.24, 2.45) is 13.0 Å². The number of nitrogens with zero attached hydrogens (tertiary/aromatic N) is 2. The fraction of sp³-hybridized carbons (Fsp3) is 0.700. The lowest BCUT2D eigenvalue weighted by Crippen LogP contribution is -2.34. The molecule has 1 aliphatic heterocycles. The van der Waals surface area contributed by atoms with Gasteiger partial charge in [0.1, 0.15) is 0 Å². The molecular formula is C10H17N3. The average Bonchev–Trinajstić information content (AvgIpc) is 2.52. The SMILES string of the molecule is CC1CCNCC1c1ccnn1C. The van der Waals surface area contributed by atoms with Gasteiger partial charge in [-0.05, 0) is 24.9 Å². The monoisotopic (exact) mass is 179 g/mol. The zero-order chi connectivity index (χ0) is 9.26. The van der Waals surface area contributed by atoms with Crippen LogP contribution >= 0.6 is 0 Å². The second-order valence-electron chi connectivity index (χ2n) is 3.96. The second-order valence-corrected chi connectivity index (χ2v) is 3.96. The Morgan fingerprint density at radius 3 is 3.08 bits per heavy atom. The Hall–Kier alpha value is -0.830. The van der Waals surface area contributed by atoms with Crippen molar-refractivity contribution in [3.05, 3.63) is 18.0 Å². The van der Waals surface area contributed by atoms with Crippen LogP contribution in [0.5, 0.6) is 0 Å². The number of piperidine rings is 1. The van der Waals surface area contributed by atoms with Crippen molar-refractivity contribution in [1.82, 2.24) is 15.1 Å². The Morgan fingerprint density at radius 1 is 1.62 bits per heavy atom. The van der Waals surface area contributed by atoms with Crippen LogP contribution in [0.4, 0.5) is 0 Å². The van der Waals surface area contributed by atoms with E-state index in [-0.39, 0.29) is 0 Å². The van der Waals surface area contributed by atoms with Crippen LogP contribution < -0.4 is 5.32 Å². The van der Waals surface area contributed by atoms with Gasteiger partial charge in [-0.1, -0.05) is 6.92 Å². The number of nitrogens with one attached hydrogen (secondary N) is 1. The van der Waals surface area contributed by atoms with Crippen molar-refractivity contribution in [3.63, 3.8) is 0 Å². The van der Waals surface area contributed by atoms with E-state index in [2.05, 4.69) is 23.4 Å². The smallest absolute Gasteiger partial charge is 0.0492 e. The zero-order valence-electron chi connectivity index (χ0n) is 8.33. The van der Waals surface area contributed by atoms with Gasteiger partial charge in [-0.25, -0.2) is 0 Å². The molecule has 13 heavy (non-hydrogen) atoms. The third kappa shape index (κ3) is 1.61. The molecule has 1 aromatic heterocycles. The van der Waals surface area contributed by atoms with Crippen molar-refractivity contribution in [1.29, 1.82) is 0 Å². The summed E-state index contributed by atoms with van der Waals surface area (Å²) in [6, 6.07) is 2.13. The molecule has 1 N–H and O–H groups in total. The lowest BCUT2D eigenvalue weighted by molar-refractivity contribution is 0.335. The molecule has 0 amide bonds. The van der Waals surface area contributed by atoms with Gasteiger partial charge >= 0.3 is 0 Å². The van der Waals surface area contributed by atoms with Crippen molar-refractivity contribution < 1.29 is 0 Å². The minimum absolute atomic E-state index is 0.640. The lowest BCUT2D eigenvalue weighted by atomic mass is 9.86. The van der Waals surface area contributed by atoms with Crippen LogP contribution in [0.3, 0.4) is 0 Å². The highest BCUT2D eigenvalue weighted by Gasteiger charge is 2.24. The van der Waals surface area contributed by atoms with Crippen LogP contribution in [0, 0.1) is 5.92 Å². The fourth-order valence-electron chi connectivity index (χ4n) is 2.13. The normalized spacial score (nSPS) is 29.1. The number of aryl methyl sites for hydroxylation is 1. The average molecular weight is 179 g/mol. The Labute approximate surface area is 79.1 Å². The molecule has 0 aliphatic carbocycles. The Kier molecular flexibility index (Phi) is 2.36. The van der Waals surface area contributed by atoms with Crippen molar-refractivity contribution in [2.45, 2.75) is 19.3 Å². The molecular weight excluding hydrogens is 162 g/mol. The third-order valence-electron chi connectivity index (χ3n) is 3.07. The van der Waals surface area contributed by atoms with Gasteiger partial charge in [0.05, 0.1) is 0 Å². The zero-order valence-corrected chi connectivity index (χ0v) is 8.33. The summed E-state index contributed by atoms with van der Waals surface area (Å²) >= 11 is 0. The predicted molar refractivity (Wildman–Crippen MR) is 52.6 cm³/mol. The largest absolute Gasteiger partial charge is 0.316 e. The molecule has 0 saturated carbocycles. The summed E-state index contributed by atoms with van der Waals surface area (Å²) in [6.07, 6.45) is 3.16. The summed E-state index contributed by atoms with van der Waals surface area (Å²) in [5.74, 6) is 1.41. The Bertz CT molecular complexity index is 279. The topological polar surface area (TPSA) is 29.9 Å². The maximum atomic E-state index is 4.22. The molecule has 1 saturated heterocycles. The molecule has 72 valence electrons. The van der Waals surface area contributed by atoms with E-state index in [0.717, 1.165) is 19.0 Å². The van der Waals surface area contributed by atoms with Gasteiger partial charge in [0.15, 0.2) is 0 Å². The van der Waals surface area contributed by atoms with E-state index in [1.54, 1.807) is 0 Å². The minimum atomic E-state index is 0.640. The van der Waals surface area contributed by atoms with E-state index >= 15 is 0 Å². The quantitative estimate of drug-likeness (QED) is 0.700. The van der Waals surface area contributed by atoms with Gasteiger partial charge in [-0.15, -0.1) is 0 Å². The van der Waals surface area contributed by atoms with E-state index < -0.39 is 0 Å². The molecule has 0 aromatic carbocycles. The predicted octanol–water partition coefficient (Wildman–Crippen LogP) is 1.13. The molecule has 1 fully saturated rings. The van der Waals surface area contributed by atoms with E-state index in [1.807, 2.05) is 17.9 Å². The summed E-state index contributed by atoms with van der Waals surface area (Å²) in [5, 5.41) is 7.65. The van der Waals surface area contributed by atoms with E-state index in [4.69, 9.17) is 0 Å². The van der Waals surface area contributed by atoms with E-state index in [0.29, 0.717) is 5.92 Å². The van der Waals surface area contributed by atoms with Gasteiger partial charge in [0.2, 0.25) is 0 Å². The number of hydrogen-bond donors (Lipinski definition) is 1. The Morgan fingerprint density at radius 2 is 2.46 bits per heavy atom. The standard InChI is InChI=1S/C10H17N3/c1-8-3-5-11-7-9(8)10-4-6-12-13(10)2/h4,6,8-9,11H,3,5,7H2,1-2H3. The molecule has 0 bridgehead atoms. The molecule has 2 heterocycles. The van der Waals surface area contributed by atoms with Gasteiger partial charge < -0.3 is 5.32 Å². The van der Waals surface area contributed by atoms with Crippen LogP contribution in [-0.2, 0) is 7.05 Å². The summed E-state index contributed by atoms with van der Waals surface area (Å²) in [4.78, 5) is 0. The molecule has 3 heteroatoms. The highest BCUT2D eigenvalue weighted by molar-refractivity contribution is 5.10. The van der Waals surface area contributed by atoms with Gasteiger partial charge in [-0.2, -0.15) is 5.10 Å². The van der Waals surface area contributed by atoms with Crippen LogP contribution in [0.2, 0.25) is 0 Å². The van der Waals surface area contributed by atoms with Crippen molar-refractivity contribution >= 4 is 0 Å². The van der Waals surface area contributed by atoms with Gasteiger partial charge in [0, 0.05) is 31.4 Å². The summed E-state index contributed by atoms with van der Waals surface area (Å²) in [6.45, 7) is 4.59. The van der Waals surface area contributed by atoms with Gasteiger partial charge in [-0.3, -0.25) is 4.68 Å². The summed E-state index contributed by atoms with van der Waals surface area (Å²) < 4.78 is 1.99. The van der Waals surface area contributed by atoms with E-state index in [9.17, 15) is 0 Å². The van der Waals surface area contributed by atoms with Crippen LogP contribution in [-0.4, -0.2) is 22.9 Å². The fourth-order valence-corrected chi connectivity index (χ4v) is 2.13. The Balaban J connectivity index is 2.19. The maximum Gasteiger partial charge on any atom is 0.0492 e. The molecule has 3 nitrogen and oxygen atoms in total. The first-order valence-corrected chi connectivity index (χ1v) is 4.97. The van der Waals surface area contributed by atoms with Gasteiger partial charge in [0.25, 0.3) is 0 Å². The highest BCUT2D eigenvalue weighted by Crippen LogP contribution is 2.27. The van der Waals surface area contributed by atoms with Crippen LogP contribution in [0.1, 0.15) is 25.0 Å². The highest BCUT2D eigenvalue weighted by atomic mass is 15.3. The second kappa shape index (κ2) is 3.50. The van der Waals surface area contributed by atoms with E-state index in [1.165, 1.54) is 12.1 Å². The third-order valence-corrected chi connectivity index (χ3v) is 3.07. The molecule has 2 rings (SSSR count). The number of aromatic nitrogens is 2. The molecule has 2 atom stereocenters. The first-order chi connectivity index (χ1) is 6.29. The summed E-state index contributed by atoms with van der Waals surface area (Å²) in [5.41, 5.74) is 1.36.